The minimum Gasteiger partial charge on any atom is -0.337 e. The van der Waals surface area contributed by atoms with Gasteiger partial charge in [-0.1, -0.05) is 6.92 Å². The number of rotatable bonds is 1. The molecule has 0 bridgehead atoms. The van der Waals surface area contributed by atoms with Gasteiger partial charge < -0.3 is 4.90 Å². The maximum atomic E-state index is 12.2. The minimum atomic E-state index is 0.0513. The Balaban J connectivity index is 2.09. The summed E-state index contributed by atoms with van der Waals surface area (Å²) in [6, 6.07) is 1.75. The van der Waals surface area contributed by atoms with Crippen LogP contribution in [0.1, 0.15) is 23.8 Å². The smallest absolute Gasteiger partial charge is 0.272 e. The largest absolute Gasteiger partial charge is 0.337 e. The molecule has 2 rings (SSSR count). The first-order valence-corrected chi connectivity index (χ1v) is 5.94. The second kappa shape index (κ2) is 4.45. The number of aryl methyl sites for hydroxylation is 1. The molecule has 0 radical (unpaired) electrons. The highest BCUT2D eigenvalue weighted by molar-refractivity contribution is 6.20. The van der Waals surface area contributed by atoms with Crippen molar-refractivity contribution in [1.29, 1.82) is 0 Å². The molecule has 2 heterocycles. The van der Waals surface area contributed by atoms with E-state index in [4.69, 9.17) is 11.6 Å². The summed E-state index contributed by atoms with van der Waals surface area (Å²) in [5, 5.41) is 4.20. The minimum absolute atomic E-state index is 0.0513. The molecule has 4 nitrogen and oxygen atoms in total. The van der Waals surface area contributed by atoms with Crippen LogP contribution in [0.5, 0.6) is 0 Å². The van der Waals surface area contributed by atoms with E-state index in [1.54, 1.807) is 24.0 Å². The summed E-state index contributed by atoms with van der Waals surface area (Å²) in [5.41, 5.74) is 0.639. The number of carbonyl (C=O) groups is 1. The van der Waals surface area contributed by atoms with Crippen molar-refractivity contribution in [2.75, 3.05) is 13.1 Å². The van der Waals surface area contributed by atoms with Gasteiger partial charge in [0.15, 0.2) is 0 Å². The van der Waals surface area contributed by atoms with Crippen LogP contribution in [0.3, 0.4) is 0 Å². The standard InChI is InChI=1S/C11H16ClN3O/c1-8-7-15(6-4-9(8)12)11(16)10-3-5-13-14(10)2/h3,5,8-9H,4,6-7H2,1-2H3. The number of alkyl halides is 1. The average Bonchev–Trinajstić information content (AvgIpc) is 2.67. The molecule has 88 valence electrons. The van der Waals surface area contributed by atoms with Gasteiger partial charge in [0.05, 0.1) is 0 Å². The van der Waals surface area contributed by atoms with E-state index in [9.17, 15) is 4.79 Å². The second-order valence-corrected chi connectivity index (χ2v) is 4.93. The number of nitrogens with zero attached hydrogens (tertiary/aromatic N) is 3. The highest BCUT2D eigenvalue weighted by Gasteiger charge is 2.28. The fourth-order valence-corrected chi connectivity index (χ4v) is 2.22. The number of piperidine rings is 1. The molecule has 0 aliphatic carbocycles. The third-order valence-corrected chi connectivity index (χ3v) is 3.78. The van der Waals surface area contributed by atoms with Gasteiger partial charge in [-0.15, -0.1) is 11.6 Å². The summed E-state index contributed by atoms with van der Waals surface area (Å²) in [6.45, 7) is 3.56. The molecule has 5 heteroatoms. The molecule has 1 aromatic heterocycles. The fourth-order valence-electron chi connectivity index (χ4n) is 2.05. The Labute approximate surface area is 100 Å². The van der Waals surface area contributed by atoms with Gasteiger partial charge in [-0.05, 0) is 18.4 Å². The highest BCUT2D eigenvalue weighted by atomic mass is 35.5. The molecule has 1 aromatic rings. The van der Waals surface area contributed by atoms with E-state index in [0.717, 1.165) is 19.5 Å². The molecular weight excluding hydrogens is 226 g/mol. The van der Waals surface area contributed by atoms with E-state index in [1.807, 2.05) is 4.90 Å². The third-order valence-electron chi connectivity index (χ3n) is 3.13. The van der Waals surface area contributed by atoms with Crippen LogP contribution >= 0.6 is 11.6 Å². The summed E-state index contributed by atoms with van der Waals surface area (Å²) < 4.78 is 1.61. The lowest BCUT2D eigenvalue weighted by atomic mass is 9.99. The van der Waals surface area contributed by atoms with E-state index >= 15 is 0 Å². The summed E-state index contributed by atoms with van der Waals surface area (Å²) in [4.78, 5) is 14.0. The SMILES string of the molecule is CC1CN(C(=O)c2ccnn2C)CCC1Cl. The lowest BCUT2D eigenvalue weighted by Gasteiger charge is -2.34. The molecule has 1 amide bonds. The second-order valence-electron chi connectivity index (χ2n) is 4.37. The molecular formula is C11H16ClN3O. The third kappa shape index (κ3) is 2.07. The van der Waals surface area contributed by atoms with Crippen molar-refractivity contribution < 1.29 is 4.79 Å². The van der Waals surface area contributed by atoms with Crippen molar-refractivity contribution >= 4 is 17.5 Å². The van der Waals surface area contributed by atoms with Crippen LogP contribution in [-0.4, -0.2) is 39.1 Å². The van der Waals surface area contributed by atoms with Crippen LogP contribution < -0.4 is 0 Å². The van der Waals surface area contributed by atoms with E-state index in [0.29, 0.717) is 11.6 Å². The average molecular weight is 242 g/mol. The zero-order chi connectivity index (χ0) is 11.7. The molecule has 2 unspecified atom stereocenters. The Bertz CT molecular complexity index is 390. The summed E-state index contributed by atoms with van der Waals surface area (Å²) in [5.74, 6) is 0.406. The molecule has 1 fully saturated rings. The van der Waals surface area contributed by atoms with Gasteiger partial charge in [0.2, 0.25) is 0 Å². The molecule has 0 spiro atoms. The Kier molecular flexibility index (Phi) is 3.19. The monoisotopic (exact) mass is 241 g/mol. The lowest BCUT2D eigenvalue weighted by Crippen LogP contribution is -2.43. The van der Waals surface area contributed by atoms with Crippen molar-refractivity contribution in [3.8, 4) is 0 Å². The van der Waals surface area contributed by atoms with Crippen LogP contribution in [0, 0.1) is 5.92 Å². The zero-order valence-corrected chi connectivity index (χ0v) is 10.3. The maximum absolute atomic E-state index is 12.2. The van der Waals surface area contributed by atoms with Gasteiger partial charge >= 0.3 is 0 Å². The first-order valence-electron chi connectivity index (χ1n) is 5.51. The van der Waals surface area contributed by atoms with Crippen molar-refractivity contribution in [3.63, 3.8) is 0 Å². The van der Waals surface area contributed by atoms with Crippen LogP contribution in [-0.2, 0) is 7.05 Å². The van der Waals surface area contributed by atoms with E-state index in [1.165, 1.54) is 0 Å². The molecule has 0 N–H and O–H groups in total. The van der Waals surface area contributed by atoms with Crippen LogP contribution in [0.2, 0.25) is 0 Å². The number of aromatic nitrogens is 2. The topological polar surface area (TPSA) is 38.1 Å². The van der Waals surface area contributed by atoms with Crippen molar-refractivity contribution in [2.45, 2.75) is 18.7 Å². The first kappa shape index (κ1) is 11.5. The van der Waals surface area contributed by atoms with Gasteiger partial charge in [-0.2, -0.15) is 5.10 Å². The number of amides is 1. The molecule has 0 aromatic carbocycles. The van der Waals surface area contributed by atoms with E-state index in [-0.39, 0.29) is 11.3 Å². The number of likely N-dealkylation sites (tertiary alicyclic amines) is 1. The van der Waals surface area contributed by atoms with Gasteiger partial charge in [0, 0.05) is 31.7 Å². The lowest BCUT2D eigenvalue weighted by molar-refractivity contribution is 0.0676. The van der Waals surface area contributed by atoms with Crippen LogP contribution in [0.4, 0.5) is 0 Å². The number of hydrogen-bond acceptors (Lipinski definition) is 2. The van der Waals surface area contributed by atoms with Crippen molar-refractivity contribution in [3.05, 3.63) is 18.0 Å². The molecule has 1 aliphatic rings. The number of carbonyl (C=O) groups excluding carboxylic acids is 1. The van der Waals surface area contributed by atoms with E-state index < -0.39 is 0 Å². The maximum Gasteiger partial charge on any atom is 0.272 e. The molecule has 0 saturated carbocycles. The fraction of sp³-hybridized carbons (Fsp3) is 0.636. The Morgan fingerprint density at radius 1 is 1.62 bits per heavy atom. The Hall–Kier alpha value is -1.03. The van der Waals surface area contributed by atoms with Gasteiger partial charge in [0.1, 0.15) is 5.69 Å². The predicted molar refractivity (Wildman–Crippen MR) is 62.5 cm³/mol. The Morgan fingerprint density at radius 3 is 2.94 bits per heavy atom. The quantitative estimate of drug-likeness (QED) is 0.699. The predicted octanol–water partition coefficient (Wildman–Crippen LogP) is 1.51. The van der Waals surface area contributed by atoms with Crippen molar-refractivity contribution in [2.24, 2.45) is 13.0 Å². The summed E-state index contributed by atoms with van der Waals surface area (Å²) in [6.07, 6.45) is 2.51. The molecule has 16 heavy (non-hydrogen) atoms. The zero-order valence-electron chi connectivity index (χ0n) is 9.56. The first-order chi connectivity index (χ1) is 7.59. The van der Waals surface area contributed by atoms with Gasteiger partial charge in [0.25, 0.3) is 5.91 Å². The number of halogens is 1. The van der Waals surface area contributed by atoms with Gasteiger partial charge in [-0.3, -0.25) is 9.48 Å². The highest BCUT2D eigenvalue weighted by Crippen LogP contribution is 2.22. The summed E-state index contributed by atoms with van der Waals surface area (Å²) >= 11 is 6.14. The van der Waals surface area contributed by atoms with E-state index in [2.05, 4.69) is 12.0 Å². The normalized spacial score (nSPS) is 25.8. The summed E-state index contributed by atoms with van der Waals surface area (Å²) in [7, 11) is 1.78. The molecule has 2 atom stereocenters. The van der Waals surface area contributed by atoms with Crippen LogP contribution in [0.25, 0.3) is 0 Å². The van der Waals surface area contributed by atoms with Gasteiger partial charge in [-0.25, -0.2) is 0 Å². The van der Waals surface area contributed by atoms with Crippen molar-refractivity contribution in [1.82, 2.24) is 14.7 Å². The molecule has 1 aliphatic heterocycles. The number of hydrogen-bond donors (Lipinski definition) is 0. The Morgan fingerprint density at radius 2 is 2.38 bits per heavy atom. The molecule has 1 saturated heterocycles. The van der Waals surface area contributed by atoms with Crippen LogP contribution in [0.15, 0.2) is 12.3 Å².